The van der Waals surface area contributed by atoms with Crippen molar-refractivity contribution in [3.05, 3.63) is 24.3 Å². The lowest BCUT2D eigenvalue weighted by Gasteiger charge is -2.31. The Morgan fingerprint density at radius 1 is 1.33 bits per heavy atom. The van der Waals surface area contributed by atoms with E-state index in [1.165, 1.54) is 12.1 Å². The average Bonchev–Trinajstić information content (AvgIpc) is 2.37. The summed E-state index contributed by atoms with van der Waals surface area (Å²) < 4.78 is 26.0. The molecule has 116 valence electrons. The quantitative estimate of drug-likeness (QED) is 0.724. The minimum Gasteiger partial charge on any atom is -0.326 e. The van der Waals surface area contributed by atoms with E-state index in [-0.39, 0.29) is 16.7 Å². The third-order valence-corrected chi connectivity index (χ3v) is 5.26. The van der Waals surface area contributed by atoms with Crippen LogP contribution in [-0.4, -0.2) is 34.0 Å². The first-order valence-electron chi connectivity index (χ1n) is 7.05. The Bertz CT molecular complexity index is 594. The highest BCUT2D eigenvalue weighted by Crippen LogP contribution is 2.19. The molecule has 1 amide bonds. The summed E-state index contributed by atoms with van der Waals surface area (Å²) in [6, 6.07) is 6.19. The molecule has 1 saturated heterocycles. The second-order valence-corrected chi connectivity index (χ2v) is 6.99. The molecular formula is C14H21N3O3S. The van der Waals surface area contributed by atoms with E-state index in [2.05, 4.69) is 15.4 Å². The molecule has 1 aromatic rings. The van der Waals surface area contributed by atoms with Crippen LogP contribution in [0.5, 0.6) is 0 Å². The predicted octanol–water partition coefficient (Wildman–Crippen LogP) is 0.779. The number of carbonyl (C=O) groups is 1. The molecule has 3 N–H and O–H groups in total. The maximum atomic E-state index is 12.1. The number of rotatable bonds is 6. The molecule has 1 fully saturated rings. The first kappa shape index (κ1) is 15.9. The number of anilines is 1. The van der Waals surface area contributed by atoms with E-state index in [0.717, 1.165) is 13.1 Å². The Hall–Kier alpha value is -1.44. The zero-order valence-electron chi connectivity index (χ0n) is 12.2. The standard InChI is InChI=1S/C14H21N3O3S/c1-3-16-21(19,20)13-6-4-12(5-7-13)17-14(18)10(2)11-8-15-9-11/h4-7,10-11,15-16H,3,8-9H2,1-2H3,(H,17,18). The first-order chi connectivity index (χ1) is 9.94. The summed E-state index contributed by atoms with van der Waals surface area (Å²) >= 11 is 0. The Kier molecular flexibility index (Phi) is 4.97. The van der Waals surface area contributed by atoms with Gasteiger partial charge in [-0.1, -0.05) is 13.8 Å². The Balaban J connectivity index is 2.00. The van der Waals surface area contributed by atoms with Gasteiger partial charge in [-0.05, 0) is 43.3 Å². The van der Waals surface area contributed by atoms with Gasteiger partial charge in [-0.3, -0.25) is 4.79 Å². The van der Waals surface area contributed by atoms with Crippen LogP contribution in [0.1, 0.15) is 13.8 Å². The van der Waals surface area contributed by atoms with Crippen molar-refractivity contribution in [3.8, 4) is 0 Å². The number of sulfonamides is 1. The summed E-state index contributed by atoms with van der Waals surface area (Å²) in [5.41, 5.74) is 0.606. The van der Waals surface area contributed by atoms with E-state index in [0.29, 0.717) is 18.2 Å². The maximum Gasteiger partial charge on any atom is 0.240 e. The van der Waals surface area contributed by atoms with Gasteiger partial charge in [0.15, 0.2) is 0 Å². The van der Waals surface area contributed by atoms with E-state index in [4.69, 9.17) is 0 Å². The molecule has 0 saturated carbocycles. The fourth-order valence-electron chi connectivity index (χ4n) is 2.13. The highest BCUT2D eigenvalue weighted by Gasteiger charge is 2.28. The second kappa shape index (κ2) is 6.55. The number of amides is 1. The van der Waals surface area contributed by atoms with Gasteiger partial charge in [0.2, 0.25) is 15.9 Å². The number of hydrogen-bond donors (Lipinski definition) is 3. The lowest BCUT2D eigenvalue weighted by Crippen LogP contribution is -2.48. The molecule has 2 rings (SSSR count). The van der Waals surface area contributed by atoms with Crippen molar-refractivity contribution < 1.29 is 13.2 Å². The smallest absolute Gasteiger partial charge is 0.240 e. The normalized spacial score (nSPS) is 17.0. The minimum atomic E-state index is -3.45. The number of benzene rings is 1. The summed E-state index contributed by atoms with van der Waals surface area (Å²) in [7, 11) is -3.45. The molecule has 0 aromatic heterocycles. The molecule has 1 aliphatic heterocycles. The van der Waals surface area contributed by atoms with Crippen LogP contribution in [0.2, 0.25) is 0 Å². The summed E-state index contributed by atoms with van der Waals surface area (Å²) in [6.45, 7) is 5.71. The van der Waals surface area contributed by atoms with Crippen LogP contribution in [0, 0.1) is 11.8 Å². The highest BCUT2D eigenvalue weighted by atomic mass is 32.2. The number of hydrogen-bond acceptors (Lipinski definition) is 4. The zero-order valence-corrected chi connectivity index (χ0v) is 13.0. The van der Waals surface area contributed by atoms with E-state index in [1.807, 2.05) is 6.92 Å². The molecule has 6 nitrogen and oxygen atoms in total. The molecule has 1 aromatic carbocycles. The van der Waals surface area contributed by atoms with Crippen molar-refractivity contribution in [3.63, 3.8) is 0 Å². The summed E-state index contributed by atoms with van der Waals surface area (Å²) in [5.74, 6) is 0.276. The molecule has 0 radical (unpaired) electrons. The average molecular weight is 311 g/mol. The largest absolute Gasteiger partial charge is 0.326 e. The van der Waals surface area contributed by atoms with Gasteiger partial charge >= 0.3 is 0 Å². The van der Waals surface area contributed by atoms with Gasteiger partial charge in [-0.15, -0.1) is 0 Å². The van der Waals surface area contributed by atoms with Crippen molar-refractivity contribution in [1.82, 2.24) is 10.0 Å². The van der Waals surface area contributed by atoms with Crippen LogP contribution >= 0.6 is 0 Å². The molecule has 1 aliphatic rings. The topological polar surface area (TPSA) is 87.3 Å². The Labute approximate surface area is 125 Å². The maximum absolute atomic E-state index is 12.1. The van der Waals surface area contributed by atoms with E-state index < -0.39 is 10.0 Å². The van der Waals surface area contributed by atoms with Crippen molar-refractivity contribution in [2.45, 2.75) is 18.7 Å². The number of nitrogens with one attached hydrogen (secondary N) is 3. The summed E-state index contributed by atoms with van der Waals surface area (Å²) in [5, 5.41) is 5.96. The van der Waals surface area contributed by atoms with Gasteiger partial charge in [-0.25, -0.2) is 13.1 Å². The molecular weight excluding hydrogens is 290 g/mol. The Morgan fingerprint density at radius 3 is 2.43 bits per heavy atom. The van der Waals surface area contributed by atoms with Gasteiger partial charge in [0.05, 0.1) is 4.90 Å². The lowest BCUT2D eigenvalue weighted by atomic mass is 9.88. The molecule has 0 aliphatic carbocycles. The van der Waals surface area contributed by atoms with Crippen LogP contribution in [0.15, 0.2) is 29.2 Å². The molecule has 1 atom stereocenters. The molecule has 0 spiro atoms. The van der Waals surface area contributed by atoms with Crippen molar-refractivity contribution in [2.24, 2.45) is 11.8 Å². The minimum absolute atomic E-state index is 0.0382. The number of carbonyl (C=O) groups excluding carboxylic acids is 1. The summed E-state index contributed by atoms with van der Waals surface area (Å²) in [6.07, 6.45) is 0. The fourth-order valence-corrected chi connectivity index (χ4v) is 3.17. The van der Waals surface area contributed by atoms with Crippen LogP contribution < -0.4 is 15.4 Å². The van der Waals surface area contributed by atoms with E-state index >= 15 is 0 Å². The van der Waals surface area contributed by atoms with Gasteiger partial charge in [0.1, 0.15) is 0 Å². The fraction of sp³-hybridized carbons (Fsp3) is 0.500. The van der Waals surface area contributed by atoms with Crippen LogP contribution in [0.25, 0.3) is 0 Å². The molecule has 1 heterocycles. The monoisotopic (exact) mass is 311 g/mol. The van der Waals surface area contributed by atoms with Crippen LogP contribution in [-0.2, 0) is 14.8 Å². The molecule has 7 heteroatoms. The van der Waals surface area contributed by atoms with Gasteiger partial charge in [0, 0.05) is 18.2 Å². The van der Waals surface area contributed by atoms with E-state index in [1.54, 1.807) is 19.1 Å². The molecule has 1 unspecified atom stereocenters. The van der Waals surface area contributed by atoms with Crippen molar-refractivity contribution in [2.75, 3.05) is 25.0 Å². The SMILES string of the molecule is CCNS(=O)(=O)c1ccc(NC(=O)C(C)C2CNC2)cc1. The Morgan fingerprint density at radius 2 is 1.95 bits per heavy atom. The molecule has 0 bridgehead atoms. The van der Waals surface area contributed by atoms with Crippen LogP contribution in [0.3, 0.4) is 0 Å². The predicted molar refractivity (Wildman–Crippen MR) is 81.5 cm³/mol. The summed E-state index contributed by atoms with van der Waals surface area (Å²) in [4.78, 5) is 12.3. The van der Waals surface area contributed by atoms with Gasteiger partial charge < -0.3 is 10.6 Å². The lowest BCUT2D eigenvalue weighted by molar-refractivity contribution is -0.121. The third-order valence-electron chi connectivity index (χ3n) is 3.70. The highest BCUT2D eigenvalue weighted by molar-refractivity contribution is 7.89. The van der Waals surface area contributed by atoms with Crippen molar-refractivity contribution >= 4 is 21.6 Å². The van der Waals surface area contributed by atoms with Gasteiger partial charge in [-0.2, -0.15) is 0 Å². The first-order valence-corrected chi connectivity index (χ1v) is 8.53. The van der Waals surface area contributed by atoms with Crippen molar-refractivity contribution in [1.29, 1.82) is 0 Å². The van der Waals surface area contributed by atoms with E-state index in [9.17, 15) is 13.2 Å². The van der Waals surface area contributed by atoms with Gasteiger partial charge in [0.25, 0.3) is 0 Å². The third kappa shape index (κ3) is 3.81. The van der Waals surface area contributed by atoms with Crippen LogP contribution in [0.4, 0.5) is 5.69 Å². The second-order valence-electron chi connectivity index (χ2n) is 5.22. The zero-order chi connectivity index (χ0) is 15.5. The molecule has 21 heavy (non-hydrogen) atoms.